The van der Waals surface area contributed by atoms with Gasteiger partial charge in [0.05, 0.1) is 16.6 Å². The van der Waals surface area contributed by atoms with E-state index in [9.17, 15) is 5.26 Å². The van der Waals surface area contributed by atoms with Gasteiger partial charge in [-0.3, -0.25) is 4.98 Å². The maximum Gasteiger partial charge on any atom is 0.101 e. The number of pyridine rings is 1. The molecule has 6 aromatic rings. The van der Waals surface area contributed by atoms with E-state index in [0.29, 0.717) is 5.56 Å². The molecule has 0 spiro atoms. The molecule has 33 heavy (non-hydrogen) atoms. The van der Waals surface area contributed by atoms with Gasteiger partial charge in [0.1, 0.15) is 6.07 Å². The van der Waals surface area contributed by atoms with Crippen LogP contribution in [0.2, 0.25) is 0 Å². The average molecular weight is 422 g/mol. The van der Waals surface area contributed by atoms with Gasteiger partial charge in [0.15, 0.2) is 0 Å². The van der Waals surface area contributed by atoms with E-state index >= 15 is 0 Å². The fraction of sp³-hybridized carbons (Fsp3) is 0. The molecule has 0 amide bonds. The minimum absolute atomic E-state index is 0.577. The smallest absolute Gasteiger partial charge is 0.101 e. The number of para-hydroxylation sites is 2. The molecule has 154 valence electrons. The largest absolute Gasteiger partial charge is 0.309 e. The summed E-state index contributed by atoms with van der Waals surface area (Å²) in [6, 6.07) is 38.2. The molecule has 0 N–H and O–H groups in total. The SMILES string of the molecule is N#Cc1cnccc1-c1cccc(-c2cccc(-n3c4ccccc4c4ccccc43)c2)c1. The molecule has 0 saturated heterocycles. The van der Waals surface area contributed by atoms with Crippen molar-refractivity contribution in [3.63, 3.8) is 0 Å². The first-order valence-corrected chi connectivity index (χ1v) is 10.9. The first-order valence-electron chi connectivity index (χ1n) is 10.9. The van der Waals surface area contributed by atoms with Crippen LogP contribution in [0.4, 0.5) is 0 Å². The van der Waals surface area contributed by atoms with Gasteiger partial charge in [0.2, 0.25) is 0 Å². The Balaban J connectivity index is 1.52. The minimum atomic E-state index is 0.577. The van der Waals surface area contributed by atoms with Crippen LogP contribution in [0.25, 0.3) is 49.7 Å². The third kappa shape index (κ3) is 3.17. The van der Waals surface area contributed by atoms with E-state index in [0.717, 1.165) is 27.9 Å². The summed E-state index contributed by atoms with van der Waals surface area (Å²) >= 11 is 0. The summed E-state index contributed by atoms with van der Waals surface area (Å²) in [4.78, 5) is 4.09. The molecule has 0 aliphatic heterocycles. The highest BCUT2D eigenvalue weighted by Gasteiger charge is 2.12. The maximum atomic E-state index is 9.49. The van der Waals surface area contributed by atoms with Crippen molar-refractivity contribution in [3.8, 4) is 34.0 Å². The Morgan fingerprint density at radius 2 is 1.27 bits per heavy atom. The van der Waals surface area contributed by atoms with E-state index in [1.807, 2.05) is 18.2 Å². The number of hydrogen-bond acceptors (Lipinski definition) is 2. The van der Waals surface area contributed by atoms with Gasteiger partial charge < -0.3 is 4.57 Å². The van der Waals surface area contributed by atoms with Crippen LogP contribution in [0, 0.1) is 11.3 Å². The van der Waals surface area contributed by atoms with Crippen LogP contribution in [0.1, 0.15) is 5.56 Å². The van der Waals surface area contributed by atoms with Crippen LogP contribution in [-0.4, -0.2) is 9.55 Å². The molecule has 4 aromatic carbocycles. The highest BCUT2D eigenvalue weighted by molar-refractivity contribution is 6.09. The second-order valence-corrected chi connectivity index (χ2v) is 8.03. The van der Waals surface area contributed by atoms with Gasteiger partial charge in [-0.05, 0) is 53.1 Å². The van der Waals surface area contributed by atoms with Crippen molar-refractivity contribution < 1.29 is 0 Å². The van der Waals surface area contributed by atoms with Crippen molar-refractivity contribution in [1.82, 2.24) is 9.55 Å². The zero-order valence-corrected chi connectivity index (χ0v) is 17.8. The summed E-state index contributed by atoms with van der Waals surface area (Å²) in [6.07, 6.45) is 3.34. The van der Waals surface area contributed by atoms with Gasteiger partial charge in [0, 0.05) is 34.4 Å². The lowest BCUT2D eigenvalue weighted by atomic mass is 9.97. The van der Waals surface area contributed by atoms with E-state index in [1.54, 1.807) is 12.4 Å². The zero-order chi connectivity index (χ0) is 22.2. The Morgan fingerprint density at radius 3 is 2.00 bits per heavy atom. The van der Waals surface area contributed by atoms with Crippen molar-refractivity contribution in [2.75, 3.05) is 0 Å². The Bertz CT molecular complexity index is 1630. The predicted molar refractivity (Wildman–Crippen MR) is 134 cm³/mol. The maximum absolute atomic E-state index is 9.49. The zero-order valence-electron chi connectivity index (χ0n) is 17.8. The number of hydrogen-bond donors (Lipinski definition) is 0. The molecule has 0 aliphatic rings. The normalized spacial score (nSPS) is 11.0. The summed E-state index contributed by atoms with van der Waals surface area (Å²) in [5, 5.41) is 12.0. The van der Waals surface area contributed by atoms with Gasteiger partial charge in [0.25, 0.3) is 0 Å². The van der Waals surface area contributed by atoms with E-state index in [4.69, 9.17) is 0 Å². The standard InChI is InChI=1S/C30H19N3/c31-19-24-20-32-16-15-26(24)23-9-5-7-21(17-23)22-8-6-10-25(18-22)33-29-13-3-1-11-27(29)28-12-2-4-14-30(28)33/h1-18,20H. The molecule has 2 heterocycles. The Labute approximate surface area is 191 Å². The van der Waals surface area contributed by atoms with E-state index in [1.165, 1.54) is 21.8 Å². The van der Waals surface area contributed by atoms with Gasteiger partial charge in [-0.2, -0.15) is 5.26 Å². The van der Waals surface area contributed by atoms with E-state index in [-0.39, 0.29) is 0 Å². The van der Waals surface area contributed by atoms with Gasteiger partial charge in [-0.1, -0.05) is 66.7 Å². The Kier molecular flexibility index (Phi) is 4.49. The number of aromatic nitrogens is 2. The molecule has 0 bridgehead atoms. The third-order valence-electron chi connectivity index (χ3n) is 6.13. The highest BCUT2D eigenvalue weighted by atomic mass is 15.0. The third-order valence-corrected chi connectivity index (χ3v) is 6.13. The quantitative estimate of drug-likeness (QED) is 0.299. The fourth-order valence-electron chi connectivity index (χ4n) is 4.63. The van der Waals surface area contributed by atoms with Crippen molar-refractivity contribution in [2.45, 2.75) is 0 Å². The molecule has 0 fully saturated rings. The van der Waals surface area contributed by atoms with Crippen molar-refractivity contribution in [2.24, 2.45) is 0 Å². The van der Waals surface area contributed by atoms with Gasteiger partial charge >= 0.3 is 0 Å². The van der Waals surface area contributed by atoms with Gasteiger partial charge in [-0.25, -0.2) is 0 Å². The van der Waals surface area contributed by atoms with E-state index < -0.39 is 0 Å². The minimum Gasteiger partial charge on any atom is -0.309 e. The monoisotopic (exact) mass is 421 g/mol. The number of benzene rings is 4. The van der Waals surface area contributed by atoms with Crippen LogP contribution in [0.3, 0.4) is 0 Å². The molecular weight excluding hydrogens is 402 g/mol. The summed E-state index contributed by atoms with van der Waals surface area (Å²) in [5.41, 5.74) is 8.23. The second-order valence-electron chi connectivity index (χ2n) is 8.03. The van der Waals surface area contributed by atoms with Crippen molar-refractivity contribution in [3.05, 3.63) is 121 Å². The molecule has 0 unspecified atom stereocenters. The van der Waals surface area contributed by atoms with Crippen LogP contribution < -0.4 is 0 Å². The van der Waals surface area contributed by atoms with Crippen LogP contribution >= 0.6 is 0 Å². The molecule has 3 nitrogen and oxygen atoms in total. The lowest BCUT2D eigenvalue weighted by Crippen LogP contribution is -1.94. The predicted octanol–water partition coefficient (Wildman–Crippen LogP) is 7.38. The lowest BCUT2D eigenvalue weighted by molar-refractivity contribution is 1.18. The first kappa shape index (κ1) is 19.0. The lowest BCUT2D eigenvalue weighted by Gasteiger charge is -2.11. The van der Waals surface area contributed by atoms with E-state index in [2.05, 4.69) is 101 Å². The fourth-order valence-corrected chi connectivity index (χ4v) is 4.63. The number of nitrogens with zero attached hydrogens (tertiary/aromatic N) is 3. The molecule has 0 atom stereocenters. The highest BCUT2D eigenvalue weighted by Crippen LogP contribution is 2.34. The first-order chi connectivity index (χ1) is 16.3. The van der Waals surface area contributed by atoms with Gasteiger partial charge in [-0.15, -0.1) is 0 Å². The number of nitriles is 1. The molecule has 3 heteroatoms. The number of fused-ring (bicyclic) bond motifs is 3. The summed E-state index contributed by atoms with van der Waals surface area (Å²) in [5.74, 6) is 0. The van der Waals surface area contributed by atoms with Crippen LogP contribution in [0.15, 0.2) is 116 Å². The molecule has 6 rings (SSSR count). The average Bonchev–Trinajstić information content (AvgIpc) is 3.23. The summed E-state index contributed by atoms with van der Waals surface area (Å²) < 4.78 is 2.33. The van der Waals surface area contributed by atoms with Crippen LogP contribution in [-0.2, 0) is 0 Å². The Hall–Kier alpha value is -4.68. The summed E-state index contributed by atoms with van der Waals surface area (Å²) in [7, 11) is 0. The molecule has 2 aromatic heterocycles. The molecular formula is C30H19N3. The second kappa shape index (κ2) is 7.78. The van der Waals surface area contributed by atoms with Crippen molar-refractivity contribution >= 4 is 21.8 Å². The Morgan fingerprint density at radius 1 is 0.636 bits per heavy atom. The molecule has 0 saturated carbocycles. The summed E-state index contributed by atoms with van der Waals surface area (Å²) in [6.45, 7) is 0. The van der Waals surface area contributed by atoms with Crippen molar-refractivity contribution in [1.29, 1.82) is 5.26 Å². The molecule has 0 radical (unpaired) electrons. The topological polar surface area (TPSA) is 41.6 Å². The van der Waals surface area contributed by atoms with Crippen LogP contribution in [0.5, 0.6) is 0 Å². The molecule has 0 aliphatic carbocycles. The number of rotatable bonds is 3.